The standard InChI is InChI=1S/C15H20O4.Na.H/c1-8-6-10(15(3,4)5)7-9(2)11(8)12(13(16)17)14(18)19;;/h6-7,12H,1-5H3,(H,16,17)(H,18,19);;. The number of benzene rings is 1. The summed E-state index contributed by atoms with van der Waals surface area (Å²) in [7, 11) is 0. The summed E-state index contributed by atoms with van der Waals surface area (Å²) in [5.41, 5.74) is 2.81. The molecule has 0 aromatic heterocycles. The van der Waals surface area contributed by atoms with Gasteiger partial charge in [-0.25, -0.2) is 0 Å². The topological polar surface area (TPSA) is 74.6 Å². The van der Waals surface area contributed by atoms with E-state index in [-0.39, 0.29) is 35.0 Å². The summed E-state index contributed by atoms with van der Waals surface area (Å²) in [5, 5.41) is 18.2. The molecule has 4 nitrogen and oxygen atoms in total. The molecule has 0 spiro atoms. The van der Waals surface area contributed by atoms with E-state index >= 15 is 0 Å². The fourth-order valence-corrected chi connectivity index (χ4v) is 2.22. The van der Waals surface area contributed by atoms with E-state index in [9.17, 15) is 9.59 Å². The third-order valence-electron chi connectivity index (χ3n) is 3.24. The third-order valence-corrected chi connectivity index (χ3v) is 3.24. The van der Waals surface area contributed by atoms with E-state index in [1.165, 1.54) is 0 Å². The molecular weight excluding hydrogens is 267 g/mol. The second-order valence-corrected chi connectivity index (χ2v) is 5.88. The second-order valence-electron chi connectivity index (χ2n) is 5.88. The normalized spacial score (nSPS) is 11.1. The zero-order valence-electron chi connectivity index (χ0n) is 11.9. The summed E-state index contributed by atoms with van der Waals surface area (Å²) in [6, 6.07) is 3.75. The zero-order valence-corrected chi connectivity index (χ0v) is 11.9. The average Bonchev–Trinajstić information content (AvgIpc) is 2.20. The number of carboxylic acid groups (broad SMARTS) is 2. The number of hydrogen-bond acceptors (Lipinski definition) is 2. The van der Waals surface area contributed by atoms with Crippen molar-refractivity contribution in [2.75, 3.05) is 0 Å². The molecule has 0 saturated heterocycles. The van der Waals surface area contributed by atoms with Gasteiger partial charge in [0.15, 0.2) is 5.92 Å². The Labute approximate surface area is 141 Å². The van der Waals surface area contributed by atoms with Gasteiger partial charge in [-0.05, 0) is 41.5 Å². The van der Waals surface area contributed by atoms with Crippen molar-refractivity contribution in [1.29, 1.82) is 0 Å². The number of aryl methyl sites for hydroxylation is 2. The minimum absolute atomic E-state index is 0. The van der Waals surface area contributed by atoms with Crippen LogP contribution in [0.1, 0.15) is 48.9 Å². The van der Waals surface area contributed by atoms with Crippen molar-refractivity contribution in [3.63, 3.8) is 0 Å². The summed E-state index contributed by atoms with van der Waals surface area (Å²) < 4.78 is 0. The molecule has 0 fully saturated rings. The Hall–Kier alpha value is -0.840. The van der Waals surface area contributed by atoms with Crippen molar-refractivity contribution in [3.8, 4) is 0 Å². The monoisotopic (exact) mass is 288 g/mol. The van der Waals surface area contributed by atoms with Gasteiger partial charge in [-0.3, -0.25) is 9.59 Å². The van der Waals surface area contributed by atoms with Crippen LogP contribution in [0, 0.1) is 13.8 Å². The van der Waals surface area contributed by atoms with Crippen LogP contribution in [0.5, 0.6) is 0 Å². The molecule has 0 saturated carbocycles. The molecule has 0 atom stereocenters. The van der Waals surface area contributed by atoms with E-state index < -0.39 is 17.9 Å². The predicted molar refractivity (Wildman–Crippen MR) is 79.8 cm³/mol. The molecule has 20 heavy (non-hydrogen) atoms. The molecule has 0 amide bonds. The quantitative estimate of drug-likeness (QED) is 0.660. The van der Waals surface area contributed by atoms with Gasteiger partial charge in [0, 0.05) is 0 Å². The second kappa shape index (κ2) is 6.74. The molecule has 106 valence electrons. The van der Waals surface area contributed by atoms with E-state index in [1.807, 2.05) is 12.1 Å². The van der Waals surface area contributed by atoms with Gasteiger partial charge in [0.1, 0.15) is 0 Å². The molecule has 1 aromatic rings. The Morgan fingerprint density at radius 2 is 1.35 bits per heavy atom. The molecule has 0 aliphatic carbocycles. The number of aliphatic carboxylic acids is 2. The van der Waals surface area contributed by atoms with Crippen LogP contribution in [0.25, 0.3) is 0 Å². The molecule has 2 N–H and O–H groups in total. The van der Waals surface area contributed by atoms with Gasteiger partial charge >= 0.3 is 41.5 Å². The van der Waals surface area contributed by atoms with Gasteiger partial charge in [-0.1, -0.05) is 32.9 Å². The predicted octanol–water partition coefficient (Wildman–Crippen LogP) is 2.21. The van der Waals surface area contributed by atoms with Gasteiger partial charge in [0.05, 0.1) is 0 Å². The molecule has 0 heterocycles. The Morgan fingerprint density at radius 3 is 1.60 bits per heavy atom. The molecule has 1 rings (SSSR count). The van der Waals surface area contributed by atoms with Crippen LogP contribution in [0.15, 0.2) is 12.1 Å². The first-order chi connectivity index (χ1) is 8.55. The van der Waals surface area contributed by atoms with Crippen LogP contribution < -0.4 is 0 Å². The van der Waals surface area contributed by atoms with Crippen molar-refractivity contribution in [2.24, 2.45) is 0 Å². The van der Waals surface area contributed by atoms with E-state index in [1.54, 1.807) is 13.8 Å². The molecule has 1 aromatic carbocycles. The van der Waals surface area contributed by atoms with Crippen LogP contribution in [0.3, 0.4) is 0 Å². The SMILES string of the molecule is Cc1cc(C(C)(C)C)cc(C)c1C(C(=O)O)C(=O)O.[NaH]. The zero-order chi connectivity index (χ0) is 15.0. The van der Waals surface area contributed by atoms with E-state index in [4.69, 9.17) is 10.2 Å². The van der Waals surface area contributed by atoms with Crippen molar-refractivity contribution >= 4 is 41.5 Å². The molecule has 0 radical (unpaired) electrons. The van der Waals surface area contributed by atoms with Crippen molar-refractivity contribution in [1.82, 2.24) is 0 Å². The van der Waals surface area contributed by atoms with Crippen molar-refractivity contribution in [3.05, 3.63) is 34.4 Å². The van der Waals surface area contributed by atoms with Gasteiger partial charge in [0.2, 0.25) is 0 Å². The Bertz CT molecular complexity index is 492. The molecular formula is C15H21NaO4. The summed E-state index contributed by atoms with van der Waals surface area (Å²) in [4.78, 5) is 22.3. The first kappa shape index (κ1) is 19.2. The number of carboxylic acids is 2. The van der Waals surface area contributed by atoms with Crippen LogP contribution in [-0.4, -0.2) is 51.7 Å². The van der Waals surface area contributed by atoms with Crippen LogP contribution >= 0.6 is 0 Å². The summed E-state index contributed by atoms with van der Waals surface area (Å²) in [6.07, 6.45) is 0. The Balaban J connectivity index is 0.00000361. The summed E-state index contributed by atoms with van der Waals surface area (Å²) in [6.45, 7) is 9.71. The van der Waals surface area contributed by atoms with Gasteiger partial charge in [-0.15, -0.1) is 0 Å². The van der Waals surface area contributed by atoms with E-state index in [0.29, 0.717) is 16.7 Å². The van der Waals surface area contributed by atoms with Crippen LogP contribution in [-0.2, 0) is 15.0 Å². The maximum absolute atomic E-state index is 11.1. The van der Waals surface area contributed by atoms with Crippen LogP contribution in [0.2, 0.25) is 0 Å². The number of hydrogen-bond donors (Lipinski definition) is 2. The van der Waals surface area contributed by atoms with Gasteiger partial charge < -0.3 is 10.2 Å². The maximum atomic E-state index is 11.1. The molecule has 0 bridgehead atoms. The Kier molecular flexibility index (Phi) is 6.46. The number of carbonyl (C=O) groups is 2. The summed E-state index contributed by atoms with van der Waals surface area (Å²) >= 11 is 0. The first-order valence-electron chi connectivity index (χ1n) is 6.13. The molecule has 0 aliphatic rings. The van der Waals surface area contributed by atoms with Crippen LogP contribution in [0.4, 0.5) is 0 Å². The molecule has 0 unspecified atom stereocenters. The van der Waals surface area contributed by atoms with Crippen molar-refractivity contribution < 1.29 is 19.8 Å². The number of rotatable bonds is 3. The molecule has 5 heteroatoms. The average molecular weight is 288 g/mol. The van der Waals surface area contributed by atoms with E-state index in [2.05, 4.69) is 20.8 Å². The fraction of sp³-hybridized carbons (Fsp3) is 0.467. The van der Waals surface area contributed by atoms with Gasteiger partial charge in [-0.2, -0.15) is 0 Å². The fourth-order valence-electron chi connectivity index (χ4n) is 2.22. The summed E-state index contributed by atoms with van der Waals surface area (Å²) in [5.74, 6) is -4.17. The van der Waals surface area contributed by atoms with Gasteiger partial charge in [0.25, 0.3) is 0 Å². The van der Waals surface area contributed by atoms with E-state index in [0.717, 1.165) is 5.56 Å². The minimum atomic E-state index is -1.51. The Morgan fingerprint density at radius 1 is 1.00 bits per heavy atom. The first-order valence-corrected chi connectivity index (χ1v) is 6.13. The third kappa shape index (κ3) is 4.08. The van der Waals surface area contributed by atoms with Crippen molar-refractivity contribution in [2.45, 2.75) is 46.0 Å². The molecule has 0 aliphatic heterocycles.